The lowest BCUT2D eigenvalue weighted by molar-refractivity contribution is 0.295. The molecule has 1 N–H and O–H groups in total. The lowest BCUT2D eigenvalue weighted by Gasteiger charge is -2.32. The van der Waals surface area contributed by atoms with E-state index in [2.05, 4.69) is 65.5 Å². The van der Waals surface area contributed by atoms with Gasteiger partial charge < -0.3 is 9.88 Å². The first-order chi connectivity index (χ1) is 9.83. The third-order valence-corrected chi connectivity index (χ3v) is 4.36. The van der Waals surface area contributed by atoms with E-state index in [1.54, 1.807) is 0 Å². The number of aromatic nitrogens is 1. The molecule has 0 saturated carbocycles. The third-order valence-electron chi connectivity index (χ3n) is 4.36. The van der Waals surface area contributed by atoms with Gasteiger partial charge in [-0.25, -0.2) is 0 Å². The molecule has 1 aliphatic rings. The number of para-hydroxylation sites is 1. The number of rotatable bonds is 1. The van der Waals surface area contributed by atoms with Gasteiger partial charge in [0.1, 0.15) is 0 Å². The highest BCUT2D eigenvalue weighted by atomic mass is 15.1. The van der Waals surface area contributed by atoms with E-state index in [0.717, 1.165) is 13.1 Å². The Bertz CT molecular complexity index is 757. The second kappa shape index (κ2) is 4.50. The van der Waals surface area contributed by atoms with Gasteiger partial charge in [0.15, 0.2) is 0 Å². The largest absolute Gasteiger partial charge is 0.361 e. The van der Waals surface area contributed by atoms with Gasteiger partial charge in [0.2, 0.25) is 0 Å². The van der Waals surface area contributed by atoms with Crippen molar-refractivity contribution in [1.29, 1.82) is 0 Å². The second-order valence-corrected chi connectivity index (χ2v) is 5.74. The van der Waals surface area contributed by atoms with Gasteiger partial charge in [-0.05, 0) is 35.2 Å². The molecule has 0 amide bonds. The van der Waals surface area contributed by atoms with Gasteiger partial charge in [0.05, 0.1) is 0 Å². The smallest absolute Gasteiger partial charge is 0.0493 e. The molecule has 0 spiro atoms. The number of hydrogen-bond donors (Lipinski definition) is 1. The van der Waals surface area contributed by atoms with Crippen LogP contribution in [0.25, 0.3) is 10.9 Å². The summed E-state index contributed by atoms with van der Waals surface area (Å²) in [6, 6.07) is 17.6. The standard InChI is InChI=1S/C18H18N2/c1-20-11-14-5-2-3-7-15(14)17(12-20)16-8-4-6-13-9-10-19-18(13)16/h2-10,17,19H,11-12H2,1H3. The molecule has 100 valence electrons. The number of aromatic amines is 1. The highest BCUT2D eigenvalue weighted by Crippen LogP contribution is 2.35. The van der Waals surface area contributed by atoms with Crippen LogP contribution in [0.2, 0.25) is 0 Å². The molecule has 2 heteroatoms. The molecule has 2 heterocycles. The monoisotopic (exact) mass is 262 g/mol. The maximum Gasteiger partial charge on any atom is 0.0493 e. The molecule has 3 aromatic rings. The van der Waals surface area contributed by atoms with Gasteiger partial charge in [0.25, 0.3) is 0 Å². The summed E-state index contributed by atoms with van der Waals surface area (Å²) in [5, 5.41) is 1.30. The molecule has 1 unspecified atom stereocenters. The van der Waals surface area contributed by atoms with Crippen molar-refractivity contribution in [3.8, 4) is 0 Å². The Morgan fingerprint density at radius 3 is 2.80 bits per heavy atom. The molecule has 0 fully saturated rings. The maximum absolute atomic E-state index is 3.41. The number of likely N-dealkylation sites (N-methyl/N-ethyl adjacent to an activating group) is 1. The quantitative estimate of drug-likeness (QED) is 0.707. The summed E-state index contributed by atoms with van der Waals surface area (Å²) in [6.45, 7) is 2.13. The Kier molecular flexibility index (Phi) is 2.64. The molecule has 0 saturated heterocycles. The summed E-state index contributed by atoms with van der Waals surface area (Å²) in [5.74, 6) is 0.451. The summed E-state index contributed by atoms with van der Waals surface area (Å²) in [4.78, 5) is 5.82. The average Bonchev–Trinajstić information content (AvgIpc) is 2.94. The molecule has 1 aromatic heterocycles. The minimum absolute atomic E-state index is 0.451. The molecule has 0 aliphatic carbocycles. The molecule has 4 rings (SSSR count). The topological polar surface area (TPSA) is 19.0 Å². The first kappa shape index (κ1) is 11.7. The van der Waals surface area contributed by atoms with E-state index in [0.29, 0.717) is 5.92 Å². The van der Waals surface area contributed by atoms with Crippen molar-refractivity contribution in [3.05, 3.63) is 71.4 Å². The highest BCUT2D eigenvalue weighted by Gasteiger charge is 2.25. The summed E-state index contributed by atoms with van der Waals surface area (Å²) in [5.41, 5.74) is 5.62. The summed E-state index contributed by atoms with van der Waals surface area (Å²) < 4.78 is 0. The van der Waals surface area contributed by atoms with Crippen LogP contribution < -0.4 is 0 Å². The van der Waals surface area contributed by atoms with Crippen molar-refractivity contribution in [1.82, 2.24) is 9.88 Å². The zero-order valence-electron chi connectivity index (χ0n) is 11.6. The van der Waals surface area contributed by atoms with Crippen LogP contribution in [0.3, 0.4) is 0 Å². The number of benzene rings is 2. The van der Waals surface area contributed by atoms with Gasteiger partial charge in [-0.2, -0.15) is 0 Å². The van der Waals surface area contributed by atoms with Gasteiger partial charge in [-0.15, -0.1) is 0 Å². The van der Waals surface area contributed by atoms with Crippen LogP contribution in [0.15, 0.2) is 54.7 Å². The third kappa shape index (κ3) is 1.76. The second-order valence-electron chi connectivity index (χ2n) is 5.74. The van der Waals surface area contributed by atoms with E-state index < -0.39 is 0 Å². The SMILES string of the molecule is CN1Cc2ccccc2C(c2cccc3cc[nH]c23)C1. The van der Waals surface area contributed by atoms with Gasteiger partial charge in [0, 0.05) is 30.7 Å². The molecule has 20 heavy (non-hydrogen) atoms. The first-order valence-corrected chi connectivity index (χ1v) is 7.15. The maximum atomic E-state index is 3.41. The normalized spacial score (nSPS) is 19.1. The number of fused-ring (bicyclic) bond motifs is 2. The number of nitrogens with one attached hydrogen (secondary N) is 1. The van der Waals surface area contributed by atoms with Crippen LogP contribution in [0.4, 0.5) is 0 Å². The minimum Gasteiger partial charge on any atom is -0.361 e. The first-order valence-electron chi connectivity index (χ1n) is 7.15. The van der Waals surface area contributed by atoms with Crippen molar-refractivity contribution in [2.45, 2.75) is 12.5 Å². The summed E-state index contributed by atoms with van der Waals surface area (Å²) >= 11 is 0. The zero-order chi connectivity index (χ0) is 13.5. The fraction of sp³-hybridized carbons (Fsp3) is 0.222. The Morgan fingerprint density at radius 1 is 1.00 bits per heavy atom. The summed E-state index contributed by atoms with van der Waals surface area (Å²) in [6.07, 6.45) is 2.03. The Morgan fingerprint density at radius 2 is 1.85 bits per heavy atom. The van der Waals surface area contributed by atoms with Crippen molar-refractivity contribution >= 4 is 10.9 Å². The fourth-order valence-corrected chi connectivity index (χ4v) is 3.45. The van der Waals surface area contributed by atoms with Crippen LogP contribution >= 0.6 is 0 Å². The van der Waals surface area contributed by atoms with E-state index in [1.807, 2.05) is 6.20 Å². The Hall–Kier alpha value is -2.06. The lowest BCUT2D eigenvalue weighted by Crippen LogP contribution is -2.31. The van der Waals surface area contributed by atoms with Crippen LogP contribution in [0.5, 0.6) is 0 Å². The Balaban J connectivity index is 1.92. The number of hydrogen-bond acceptors (Lipinski definition) is 1. The highest BCUT2D eigenvalue weighted by molar-refractivity contribution is 5.83. The van der Waals surface area contributed by atoms with Crippen molar-refractivity contribution in [3.63, 3.8) is 0 Å². The number of H-pyrrole nitrogens is 1. The lowest BCUT2D eigenvalue weighted by atomic mass is 9.84. The van der Waals surface area contributed by atoms with E-state index in [4.69, 9.17) is 0 Å². The van der Waals surface area contributed by atoms with Gasteiger partial charge in [-0.3, -0.25) is 0 Å². The predicted molar refractivity (Wildman–Crippen MR) is 82.9 cm³/mol. The van der Waals surface area contributed by atoms with E-state index in [1.165, 1.54) is 27.6 Å². The van der Waals surface area contributed by atoms with Crippen LogP contribution in [-0.4, -0.2) is 23.5 Å². The Labute approximate surface area is 119 Å². The molecule has 0 bridgehead atoms. The number of nitrogens with zero attached hydrogens (tertiary/aromatic N) is 1. The predicted octanol–water partition coefficient (Wildman–Crippen LogP) is 3.75. The molecule has 1 aliphatic heterocycles. The van der Waals surface area contributed by atoms with Gasteiger partial charge >= 0.3 is 0 Å². The molecule has 2 nitrogen and oxygen atoms in total. The van der Waals surface area contributed by atoms with Crippen molar-refractivity contribution in [2.24, 2.45) is 0 Å². The minimum atomic E-state index is 0.451. The molecule has 2 aromatic carbocycles. The molecule has 0 radical (unpaired) electrons. The fourth-order valence-electron chi connectivity index (χ4n) is 3.45. The van der Waals surface area contributed by atoms with Crippen LogP contribution in [0.1, 0.15) is 22.6 Å². The molecular weight excluding hydrogens is 244 g/mol. The van der Waals surface area contributed by atoms with Crippen molar-refractivity contribution in [2.75, 3.05) is 13.6 Å². The molecular formula is C18H18N2. The molecule has 1 atom stereocenters. The van der Waals surface area contributed by atoms with E-state index in [-0.39, 0.29) is 0 Å². The van der Waals surface area contributed by atoms with E-state index >= 15 is 0 Å². The summed E-state index contributed by atoms with van der Waals surface area (Å²) in [7, 11) is 2.21. The van der Waals surface area contributed by atoms with Gasteiger partial charge in [-0.1, -0.05) is 42.5 Å². The van der Waals surface area contributed by atoms with Crippen LogP contribution in [0, 0.1) is 0 Å². The van der Waals surface area contributed by atoms with Crippen molar-refractivity contribution < 1.29 is 0 Å². The van der Waals surface area contributed by atoms with Crippen LogP contribution in [-0.2, 0) is 6.54 Å². The zero-order valence-corrected chi connectivity index (χ0v) is 11.6. The van der Waals surface area contributed by atoms with E-state index in [9.17, 15) is 0 Å². The average molecular weight is 262 g/mol.